The number of likely N-dealkylation sites (tertiary alicyclic amines) is 1. The number of nitrogens with zero attached hydrogens (tertiary/aromatic N) is 1. The lowest BCUT2D eigenvalue weighted by Crippen LogP contribution is -2.43. The van der Waals surface area contributed by atoms with Crippen LogP contribution in [0, 0.1) is 11.8 Å². The van der Waals surface area contributed by atoms with Gasteiger partial charge in [-0.25, -0.2) is 0 Å². The molecule has 2 N–H and O–H groups in total. The SMILES string of the molecule is O=C(Nc1ccc(C2CCN(C(=O)C3CCC(C(F)(F)F)CC3)CC2)cc1)c1ccc(OCCCO)cc1. The third-order valence-electron chi connectivity index (χ3n) is 7.67. The third kappa shape index (κ3) is 7.28. The minimum Gasteiger partial charge on any atom is -0.494 e. The van der Waals surface area contributed by atoms with Gasteiger partial charge >= 0.3 is 6.18 Å². The highest BCUT2D eigenvalue weighted by Gasteiger charge is 2.43. The van der Waals surface area contributed by atoms with E-state index in [1.165, 1.54) is 0 Å². The van der Waals surface area contributed by atoms with Crippen LogP contribution in [0.25, 0.3) is 0 Å². The average Bonchev–Trinajstić information content (AvgIpc) is 2.93. The number of halogens is 3. The summed E-state index contributed by atoms with van der Waals surface area (Å²) in [5, 5.41) is 11.7. The molecule has 2 fully saturated rings. The molecule has 206 valence electrons. The van der Waals surface area contributed by atoms with Crippen LogP contribution in [0.4, 0.5) is 18.9 Å². The molecule has 38 heavy (non-hydrogen) atoms. The average molecular weight is 533 g/mol. The van der Waals surface area contributed by atoms with E-state index < -0.39 is 12.1 Å². The van der Waals surface area contributed by atoms with Crippen LogP contribution >= 0.6 is 0 Å². The van der Waals surface area contributed by atoms with Crippen molar-refractivity contribution in [1.29, 1.82) is 0 Å². The van der Waals surface area contributed by atoms with Crippen LogP contribution in [0.15, 0.2) is 48.5 Å². The van der Waals surface area contributed by atoms with Gasteiger partial charge in [0.05, 0.1) is 12.5 Å². The number of hydrogen-bond donors (Lipinski definition) is 2. The van der Waals surface area contributed by atoms with E-state index in [0.717, 1.165) is 18.4 Å². The molecule has 2 aromatic carbocycles. The highest BCUT2D eigenvalue weighted by Crippen LogP contribution is 2.40. The largest absolute Gasteiger partial charge is 0.494 e. The van der Waals surface area contributed by atoms with Gasteiger partial charge in [0.25, 0.3) is 5.91 Å². The number of hydrogen-bond acceptors (Lipinski definition) is 4. The normalized spacial score (nSPS) is 20.7. The first kappa shape index (κ1) is 28.0. The summed E-state index contributed by atoms with van der Waals surface area (Å²) in [6, 6.07) is 14.6. The number of nitrogens with one attached hydrogen (secondary N) is 1. The Morgan fingerprint density at radius 3 is 2.13 bits per heavy atom. The molecule has 0 atom stereocenters. The van der Waals surface area contributed by atoms with Crippen molar-refractivity contribution in [2.24, 2.45) is 11.8 Å². The third-order valence-corrected chi connectivity index (χ3v) is 7.67. The minimum absolute atomic E-state index is 0.00638. The number of anilines is 1. The standard InChI is InChI=1S/C29H35F3N2O4/c30-29(31,32)24-8-2-23(3-9-24)28(37)34-16-14-21(15-17-34)20-4-10-25(11-5-20)33-27(36)22-6-12-26(13-7-22)38-19-1-18-35/h4-7,10-13,21,23-24,35H,1-3,8-9,14-19H2,(H,33,36). The summed E-state index contributed by atoms with van der Waals surface area (Å²) >= 11 is 0. The van der Waals surface area contributed by atoms with E-state index in [1.807, 2.05) is 29.2 Å². The first-order valence-electron chi connectivity index (χ1n) is 13.3. The van der Waals surface area contributed by atoms with E-state index in [4.69, 9.17) is 9.84 Å². The summed E-state index contributed by atoms with van der Waals surface area (Å²) in [6.45, 7) is 1.70. The first-order valence-corrected chi connectivity index (χ1v) is 13.3. The van der Waals surface area contributed by atoms with Crippen LogP contribution in [0.5, 0.6) is 5.75 Å². The van der Waals surface area contributed by atoms with Crippen LogP contribution in [0.2, 0.25) is 0 Å². The lowest BCUT2D eigenvalue weighted by molar-refractivity contribution is -0.185. The summed E-state index contributed by atoms with van der Waals surface area (Å²) in [5.74, 6) is -0.845. The van der Waals surface area contributed by atoms with Crippen molar-refractivity contribution in [3.8, 4) is 5.75 Å². The van der Waals surface area contributed by atoms with Crippen LogP contribution in [-0.4, -0.2) is 54.3 Å². The van der Waals surface area contributed by atoms with Gasteiger partial charge in [-0.1, -0.05) is 12.1 Å². The maximum absolute atomic E-state index is 12.9. The molecule has 1 aliphatic heterocycles. The van der Waals surface area contributed by atoms with Gasteiger partial charge in [-0.3, -0.25) is 9.59 Å². The Balaban J connectivity index is 1.23. The predicted octanol–water partition coefficient (Wildman–Crippen LogP) is 5.77. The smallest absolute Gasteiger partial charge is 0.391 e. The zero-order chi connectivity index (χ0) is 27.1. The number of alkyl halides is 3. The molecular formula is C29H35F3N2O4. The number of amides is 2. The van der Waals surface area contributed by atoms with Crippen molar-refractivity contribution in [2.45, 2.75) is 57.0 Å². The quantitative estimate of drug-likeness (QED) is 0.423. The van der Waals surface area contributed by atoms with E-state index in [1.54, 1.807) is 24.3 Å². The van der Waals surface area contributed by atoms with Gasteiger partial charge in [0.2, 0.25) is 5.91 Å². The van der Waals surface area contributed by atoms with Crippen LogP contribution in [0.1, 0.15) is 66.8 Å². The van der Waals surface area contributed by atoms with Gasteiger partial charge in [0.1, 0.15) is 5.75 Å². The van der Waals surface area contributed by atoms with Gasteiger partial charge in [0.15, 0.2) is 0 Å². The summed E-state index contributed by atoms with van der Waals surface area (Å²) in [5.41, 5.74) is 2.33. The second-order valence-electron chi connectivity index (χ2n) is 10.2. The lowest BCUT2D eigenvalue weighted by atomic mass is 9.80. The molecule has 2 aromatic rings. The Morgan fingerprint density at radius 2 is 1.55 bits per heavy atom. The fourth-order valence-corrected chi connectivity index (χ4v) is 5.36. The monoisotopic (exact) mass is 532 g/mol. The van der Waals surface area contributed by atoms with Crippen molar-refractivity contribution in [2.75, 3.05) is 31.6 Å². The number of ether oxygens (including phenoxy) is 1. The fourth-order valence-electron chi connectivity index (χ4n) is 5.36. The summed E-state index contributed by atoms with van der Waals surface area (Å²) in [6.07, 6.45) is -1.27. The molecule has 0 radical (unpaired) electrons. The Kier molecular flexibility index (Phi) is 9.31. The molecule has 0 unspecified atom stereocenters. The minimum atomic E-state index is -4.16. The molecule has 4 rings (SSSR count). The van der Waals surface area contributed by atoms with E-state index >= 15 is 0 Å². The predicted molar refractivity (Wildman–Crippen MR) is 138 cm³/mol. The highest BCUT2D eigenvalue weighted by molar-refractivity contribution is 6.04. The molecule has 1 aliphatic carbocycles. The molecule has 0 bridgehead atoms. The van der Waals surface area contributed by atoms with E-state index in [-0.39, 0.29) is 37.2 Å². The second kappa shape index (κ2) is 12.7. The van der Waals surface area contributed by atoms with Crippen LogP contribution < -0.4 is 10.1 Å². The van der Waals surface area contributed by atoms with Gasteiger partial charge in [-0.2, -0.15) is 13.2 Å². The number of aliphatic hydroxyl groups is 1. The number of carbonyl (C=O) groups is 2. The number of benzene rings is 2. The summed E-state index contributed by atoms with van der Waals surface area (Å²) < 4.78 is 44.3. The van der Waals surface area contributed by atoms with Gasteiger partial charge in [-0.15, -0.1) is 0 Å². The molecule has 9 heteroatoms. The molecule has 6 nitrogen and oxygen atoms in total. The molecule has 1 saturated heterocycles. The van der Waals surface area contributed by atoms with E-state index in [2.05, 4.69) is 5.32 Å². The highest BCUT2D eigenvalue weighted by atomic mass is 19.4. The Labute approximate surface area is 221 Å². The van der Waals surface area contributed by atoms with Crippen molar-refractivity contribution >= 4 is 17.5 Å². The maximum atomic E-state index is 12.9. The Bertz CT molecular complexity index is 1060. The molecular weight excluding hydrogens is 497 g/mol. The zero-order valence-electron chi connectivity index (χ0n) is 21.4. The summed E-state index contributed by atoms with van der Waals surface area (Å²) in [4.78, 5) is 27.3. The second-order valence-corrected chi connectivity index (χ2v) is 10.2. The van der Waals surface area contributed by atoms with Gasteiger partial charge in [-0.05, 0) is 86.4 Å². The van der Waals surface area contributed by atoms with Crippen LogP contribution in [0.3, 0.4) is 0 Å². The molecule has 1 heterocycles. The number of aliphatic hydroxyl groups excluding tert-OH is 1. The summed E-state index contributed by atoms with van der Waals surface area (Å²) in [7, 11) is 0. The topological polar surface area (TPSA) is 78.9 Å². The number of rotatable bonds is 8. The molecule has 0 spiro atoms. The number of carbonyl (C=O) groups excluding carboxylic acids is 2. The first-order chi connectivity index (χ1) is 18.2. The molecule has 0 aromatic heterocycles. The Hall–Kier alpha value is -3.07. The van der Waals surface area contributed by atoms with Crippen molar-refractivity contribution in [3.63, 3.8) is 0 Å². The maximum Gasteiger partial charge on any atom is 0.391 e. The lowest BCUT2D eigenvalue weighted by Gasteiger charge is -2.36. The fraction of sp³-hybridized carbons (Fsp3) is 0.517. The van der Waals surface area contributed by atoms with Gasteiger partial charge in [0, 0.05) is 43.3 Å². The Morgan fingerprint density at radius 1 is 0.921 bits per heavy atom. The van der Waals surface area contributed by atoms with Crippen LogP contribution in [-0.2, 0) is 4.79 Å². The zero-order valence-corrected chi connectivity index (χ0v) is 21.4. The number of piperidine rings is 1. The van der Waals surface area contributed by atoms with E-state index in [0.29, 0.717) is 61.9 Å². The molecule has 1 saturated carbocycles. The van der Waals surface area contributed by atoms with Crippen molar-refractivity contribution in [3.05, 3.63) is 59.7 Å². The van der Waals surface area contributed by atoms with Crippen molar-refractivity contribution in [1.82, 2.24) is 4.90 Å². The van der Waals surface area contributed by atoms with Crippen molar-refractivity contribution < 1.29 is 32.6 Å². The van der Waals surface area contributed by atoms with E-state index in [9.17, 15) is 22.8 Å². The van der Waals surface area contributed by atoms with Gasteiger partial charge < -0.3 is 20.1 Å². The molecule has 2 aliphatic rings. The molecule has 2 amide bonds.